The van der Waals surface area contributed by atoms with Gasteiger partial charge in [-0.1, -0.05) is 0 Å². The van der Waals surface area contributed by atoms with Gasteiger partial charge in [0.25, 0.3) is 4.80 Å². The van der Waals surface area contributed by atoms with Crippen LogP contribution in [0.4, 0.5) is 0 Å². The Morgan fingerprint density at radius 1 is 1.23 bits per heavy atom. The van der Waals surface area contributed by atoms with Crippen LogP contribution in [0.15, 0.2) is 39.7 Å². The van der Waals surface area contributed by atoms with Crippen molar-refractivity contribution in [2.45, 2.75) is 0 Å². The quantitative estimate of drug-likeness (QED) is 0.833. The first kappa shape index (κ1) is 8.31. The van der Waals surface area contributed by atoms with E-state index < -0.39 is 0 Å². The van der Waals surface area contributed by atoms with Gasteiger partial charge in [0.1, 0.15) is 17.7 Å². The summed E-state index contributed by atoms with van der Waals surface area (Å²) in [6, 6.07) is 6.77. The Hall–Kier alpha value is -1.29. The Labute approximate surface area is 83.2 Å². The molecule has 13 heavy (non-hydrogen) atoms. The van der Waals surface area contributed by atoms with Gasteiger partial charge in [-0.3, -0.25) is 0 Å². The number of aromatic hydroxyl groups is 1. The maximum absolute atomic E-state index is 9.06. The Morgan fingerprint density at radius 2 is 1.92 bits per heavy atom. The minimum atomic E-state index is 0.242. The zero-order valence-electron chi connectivity index (χ0n) is 6.57. The lowest BCUT2D eigenvalue weighted by Gasteiger charge is -1.94. The maximum atomic E-state index is 9.06. The van der Waals surface area contributed by atoms with Crippen molar-refractivity contribution in [3.05, 3.63) is 35.3 Å². The predicted octanol–water partition coefficient (Wildman–Crippen LogP) is 2.81. The molecule has 0 saturated carbocycles. The van der Waals surface area contributed by atoms with Gasteiger partial charge in [-0.15, -0.1) is 0 Å². The molecule has 0 spiro atoms. The van der Waals surface area contributed by atoms with E-state index in [-0.39, 0.29) is 5.75 Å². The molecule has 0 radical (unpaired) electrons. The normalized spacial score (nSPS) is 10.2. The molecule has 0 fully saturated rings. The summed E-state index contributed by atoms with van der Waals surface area (Å²) in [4.78, 5) is 4.53. The first-order valence-electron chi connectivity index (χ1n) is 3.66. The van der Waals surface area contributed by atoms with Gasteiger partial charge in [-0.2, -0.15) is 0 Å². The van der Waals surface area contributed by atoms with Crippen LogP contribution in [0.25, 0.3) is 11.3 Å². The molecular formula is C9H6BrNO2. The highest BCUT2D eigenvalue weighted by atomic mass is 79.9. The van der Waals surface area contributed by atoms with E-state index in [4.69, 9.17) is 9.52 Å². The zero-order chi connectivity index (χ0) is 9.26. The molecule has 1 N–H and O–H groups in total. The predicted molar refractivity (Wildman–Crippen MR) is 51.3 cm³/mol. The summed E-state index contributed by atoms with van der Waals surface area (Å²) in [7, 11) is 0. The van der Waals surface area contributed by atoms with Crippen molar-refractivity contribution in [1.82, 2.24) is 4.98 Å². The van der Waals surface area contributed by atoms with E-state index in [2.05, 4.69) is 20.9 Å². The Balaban J connectivity index is 2.41. The van der Waals surface area contributed by atoms with Crippen LogP contribution in [0.3, 0.4) is 0 Å². The molecular weight excluding hydrogens is 234 g/mol. The van der Waals surface area contributed by atoms with Crippen molar-refractivity contribution in [3.63, 3.8) is 0 Å². The summed E-state index contributed by atoms with van der Waals surface area (Å²) in [6.45, 7) is 0. The number of benzene rings is 1. The Morgan fingerprint density at radius 3 is 2.46 bits per heavy atom. The largest absolute Gasteiger partial charge is 0.508 e. The van der Waals surface area contributed by atoms with Crippen molar-refractivity contribution in [2.75, 3.05) is 0 Å². The number of hydrogen-bond donors (Lipinski definition) is 1. The summed E-state index contributed by atoms with van der Waals surface area (Å²) >= 11 is 3.12. The fourth-order valence-electron chi connectivity index (χ4n) is 1.02. The summed E-state index contributed by atoms with van der Waals surface area (Å²) in [5.41, 5.74) is 1.65. The van der Waals surface area contributed by atoms with Gasteiger partial charge in [0.05, 0.1) is 0 Å². The van der Waals surface area contributed by atoms with Gasteiger partial charge < -0.3 is 9.52 Å². The second-order valence-corrected chi connectivity index (χ2v) is 3.21. The molecule has 3 nitrogen and oxygen atoms in total. The first-order chi connectivity index (χ1) is 6.25. The monoisotopic (exact) mass is 239 g/mol. The fraction of sp³-hybridized carbons (Fsp3) is 0. The van der Waals surface area contributed by atoms with E-state index in [1.165, 1.54) is 0 Å². The van der Waals surface area contributed by atoms with Gasteiger partial charge in [-0.25, -0.2) is 4.98 Å². The van der Waals surface area contributed by atoms with Crippen LogP contribution in [-0.4, -0.2) is 10.1 Å². The molecule has 0 bridgehead atoms. The van der Waals surface area contributed by atoms with Crippen molar-refractivity contribution in [3.8, 4) is 17.0 Å². The van der Waals surface area contributed by atoms with Crippen LogP contribution >= 0.6 is 15.9 Å². The fourth-order valence-corrected chi connectivity index (χ4v) is 1.30. The van der Waals surface area contributed by atoms with Crippen LogP contribution in [0, 0.1) is 0 Å². The highest BCUT2D eigenvalue weighted by Crippen LogP contribution is 2.22. The molecule has 1 heterocycles. The molecule has 2 rings (SSSR count). The van der Waals surface area contributed by atoms with Crippen molar-refractivity contribution in [1.29, 1.82) is 0 Å². The molecule has 0 amide bonds. The maximum Gasteiger partial charge on any atom is 0.264 e. The molecule has 0 aliphatic rings. The summed E-state index contributed by atoms with van der Waals surface area (Å²) in [6.07, 6.45) is 1.55. The van der Waals surface area contributed by atoms with E-state index >= 15 is 0 Å². The smallest absolute Gasteiger partial charge is 0.264 e. The van der Waals surface area contributed by atoms with Crippen LogP contribution in [-0.2, 0) is 0 Å². The molecule has 66 valence electrons. The Kier molecular flexibility index (Phi) is 2.06. The summed E-state index contributed by atoms with van der Waals surface area (Å²) in [5.74, 6) is 0.242. The third-order valence-corrected chi connectivity index (χ3v) is 2.00. The van der Waals surface area contributed by atoms with Gasteiger partial charge in [-0.05, 0) is 24.3 Å². The molecule has 0 aliphatic carbocycles. The molecule has 0 saturated heterocycles. The molecule has 0 atom stereocenters. The van der Waals surface area contributed by atoms with Crippen molar-refractivity contribution in [2.24, 2.45) is 0 Å². The molecule has 1 aromatic carbocycles. The number of phenolic OH excluding ortho intramolecular Hbond substituents is 1. The van der Waals surface area contributed by atoms with E-state index in [1.54, 1.807) is 30.5 Å². The highest BCUT2D eigenvalue weighted by Gasteiger charge is 2.02. The van der Waals surface area contributed by atoms with E-state index in [1.807, 2.05) is 0 Å². The van der Waals surface area contributed by atoms with Gasteiger partial charge in [0.15, 0.2) is 0 Å². The van der Waals surface area contributed by atoms with E-state index in [9.17, 15) is 0 Å². The van der Waals surface area contributed by atoms with Gasteiger partial charge >= 0.3 is 0 Å². The Bertz CT molecular complexity index is 408. The molecule has 0 aliphatic heterocycles. The minimum Gasteiger partial charge on any atom is -0.508 e. The lowest BCUT2D eigenvalue weighted by molar-refractivity contribution is 0.475. The zero-order valence-corrected chi connectivity index (χ0v) is 8.15. The molecule has 1 aromatic heterocycles. The number of aromatic nitrogens is 1. The molecule has 4 heteroatoms. The number of phenols is 1. The first-order valence-corrected chi connectivity index (χ1v) is 4.45. The van der Waals surface area contributed by atoms with Gasteiger partial charge in [0, 0.05) is 21.5 Å². The number of nitrogens with zero attached hydrogens (tertiary/aromatic N) is 1. The average Bonchev–Trinajstić information content (AvgIpc) is 2.53. The van der Waals surface area contributed by atoms with Crippen molar-refractivity contribution >= 4 is 15.9 Å². The van der Waals surface area contributed by atoms with E-state index in [0.29, 0.717) is 4.80 Å². The SMILES string of the molecule is Oc1ccc(-c2coc(Br)n2)cc1. The molecule has 0 unspecified atom stereocenters. The average molecular weight is 240 g/mol. The second-order valence-electron chi connectivity index (χ2n) is 2.53. The summed E-state index contributed by atoms with van der Waals surface area (Å²) < 4.78 is 4.99. The van der Waals surface area contributed by atoms with Crippen LogP contribution in [0.5, 0.6) is 5.75 Å². The second kappa shape index (κ2) is 3.22. The standard InChI is InChI=1S/C9H6BrNO2/c10-9-11-8(5-13-9)6-1-3-7(12)4-2-6/h1-5,12H. The van der Waals surface area contributed by atoms with Crippen LogP contribution in [0.1, 0.15) is 0 Å². The number of oxazole rings is 1. The van der Waals surface area contributed by atoms with Crippen LogP contribution in [0.2, 0.25) is 0 Å². The van der Waals surface area contributed by atoms with Crippen LogP contribution < -0.4 is 0 Å². The topological polar surface area (TPSA) is 46.3 Å². The number of halogens is 1. The molecule has 2 aromatic rings. The third kappa shape index (κ3) is 1.72. The highest BCUT2D eigenvalue weighted by molar-refractivity contribution is 9.10. The van der Waals surface area contributed by atoms with Gasteiger partial charge in [0.2, 0.25) is 0 Å². The lowest BCUT2D eigenvalue weighted by atomic mass is 10.2. The summed E-state index contributed by atoms with van der Waals surface area (Å²) in [5, 5.41) is 9.06. The lowest BCUT2D eigenvalue weighted by Crippen LogP contribution is -1.75. The third-order valence-electron chi connectivity index (χ3n) is 1.64. The number of rotatable bonds is 1. The van der Waals surface area contributed by atoms with Crippen molar-refractivity contribution < 1.29 is 9.52 Å². The number of hydrogen-bond acceptors (Lipinski definition) is 3. The minimum absolute atomic E-state index is 0.242. The van der Waals surface area contributed by atoms with E-state index in [0.717, 1.165) is 11.3 Å².